The Kier molecular flexibility index (Phi) is 8.56. The smallest absolute Gasteiger partial charge is 0.119 e. The molecule has 1 aromatic rings. The van der Waals surface area contributed by atoms with E-state index in [-0.39, 0.29) is 0 Å². The van der Waals surface area contributed by atoms with Crippen LogP contribution in [0.4, 0.5) is 0 Å². The van der Waals surface area contributed by atoms with Gasteiger partial charge >= 0.3 is 0 Å². The van der Waals surface area contributed by atoms with Crippen molar-refractivity contribution in [2.24, 2.45) is 29.6 Å². The van der Waals surface area contributed by atoms with Gasteiger partial charge in [0.05, 0.1) is 6.61 Å². The first-order valence-electron chi connectivity index (χ1n) is 13.6. The highest BCUT2D eigenvalue weighted by Gasteiger charge is 2.38. The first kappa shape index (κ1) is 22.9. The summed E-state index contributed by atoms with van der Waals surface area (Å²) in [5, 5.41) is 0. The zero-order valence-electron chi connectivity index (χ0n) is 20.3. The van der Waals surface area contributed by atoms with E-state index in [9.17, 15) is 0 Å². The SMILES string of the molecule is CC=CCCC1CCC2CC(C3CCc4cc(OCCCCC)ccc4C3)CCC2C1. The summed E-state index contributed by atoms with van der Waals surface area (Å²) in [6.07, 6.45) is 24.1. The number of rotatable bonds is 9. The van der Waals surface area contributed by atoms with Gasteiger partial charge in [-0.3, -0.25) is 0 Å². The molecule has 2 fully saturated rings. The van der Waals surface area contributed by atoms with Gasteiger partial charge in [0.25, 0.3) is 0 Å². The molecule has 0 saturated heterocycles. The molecule has 1 heteroatoms. The first-order chi connectivity index (χ1) is 15.3. The molecule has 1 aromatic carbocycles. The number of benzene rings is 1. The highest BCUT2D eigenvalue weighted by molar-refractivity contribution is 5.37. The van der Waals surface area contributed by atoms with Crippen LogP contribution in [0.5, 0.6) is 5.75 Å². The minimum absolute atomic E-state index is 0.871. The van der Waals surface area contributed by atoms with Crippen molar-refractivity contribution in [3.63, 3.8) is 0 Å². The summed E-state index contributed by atoms with van der Waals surface area (Å²) >= 11 is 0. The molecular weight excluding hydrogens is 376 g/mol. The van der Waals surface area contributed by atoms with E-state index in [1.807, 2.05) is 0 Å². The van der Waals surface area contributed by atoms with Crippen molar-refractivity contribution in [3.05, 3.63) is 41.5 Å². The molecule has 31 heavy (non-hydrogen) atoms. The summed E-state index contributed by atoms with van der Waals surface area (Å²) in [6.45, 7) is 5.28. The Balaban J connectivity index is 1.26. The van der Waals surface area contributed by atoms with Crippen molar-refractivity contribution < 1.29 is 4.74 Å². The first-order valence-corrected chi connectivity index (χ1v) is 13.6. The number of hydrogen-bond donors (Lipinski definition) is 0. The summed E-state index contributed by atoms with van der Waals surface area (Å²) in [5.41, 5.74) is 3.19. The molecule has 3 aliphatic rings. The molecule has 0 aromatic heterocycles. The Morgan fingerprint density at radius 3 is 2.55 bits per heavy atom. The molecule has 5 atom stereocenters. The van der Waals surface area contributed by atoms with Gasteiger partial charge in [-0.25, -0.2) is 0 Å². The normalized spacial score (nSPS) is 30.7. The monoisotopic (exact) mass is 422 g/mol. The summed E-state index contributed by atoms with van der Waals surface area (Å²) in [7, 11) is 0. The van der Waals surface area contributed by atoms with Crippen LogP contribution in [0, 0.1) is 29.6 Å². The average Bonchev–Trinajstić information content (AvgIpc) is 2.81. The Morgan fingerprint density at radius 2 is 1.71 bits per heavy atom. The molecule has 0 radical (unpaired) electrons. The summed E-state index contributed by atoms with van der Waals surface area (Å²) in [5.74, 6) is 6.10. The third-order valence-electron chi connectivity index (χ3n) is 8.87. The highest BCUT2D eigenvalue weighted by Crippen LogP contribution is 2.49. The Hall–Kier alpha value is -1.24. The second kappa shape index (κ2) is 11.6. The molecule has 4 rings (SSSR count). The lowest BCUT2D eigenvalue weighted by Gasteiger charge is -2.45. The van der Waals surface area contributed by atoms with Gasteiger partial charge in [-0.05, 0) is 130 Å². The molecule has 3 aliphatic carbocycles. The fourth-order valence-electron chi connectivity index (χ4n) is 7.01. The van der Waals surface area contributed by atoms with Crippen LogP contribution in [0.15, 0.2) is 30.4 Å². The van der Waals surface area contributed by atoms with Crippen LogP contribution in [-0.2, 0) is 12.8 Å². The zero-order valence-corrected chi connectivity index (χ0v) is 20.3. The van der Waals surface area contributed by atoms with E-state index in [0.717, 1.165) is 41.9 Å². The zero-order chi connectivity index (χ0) is 21.5. The number of aryl methyl sites for hydroxylation is 1. The van der Waals surface area contributed by atoms with Gasteiger partial charge in [0.2, 0.25) is 0 Å². The van der Waals surface area contributed by atoms with Crippen LogP contribution < -0.4 is 4.74 Å². The van der Waals surface area contributed by atoms with E-state index in [1.165, 1.54) is 89.9 Å². The van der Waals surface area contributed by atoms with Crippen LogP contribution in [-0.4, -0.2) is 6.61 Å². The number of unbranched alkanes of at least 4 members (excludes halogenated alkanes) is 2. The van der Waals surface area contributed by atoms with Crippen LogP contribution in [0.25, 0.3) is 0 Å². The maximum Gasteiger partial charge on any atom is 0.119 e. The third kappa shape index (κ3) is 6.17. The molecule has 0 heterocycles. The molecule has 2 saturated carbocycles. The standard InChI is InChI=1S/C30H46O/c1-3-5-7-9-23-10-11-25-20-26(13-12-24(25)19-23)27-14-15-29-22-30(17-16-28(29)21-27)31-18-8-6-4-2/h3,5,16-17,22-27H,4,6-15,18-21H2,1-2H3. The summed E-state index contributed by atoms with van der Waals surface area (Å²) < 4.78 is 6.01. The van der Waals surface area contributed by atoms with Crippen LogP contribution >= 0.6 is 0 Å². The lowest BCUT2D eigenvalue weighted by atomic mass is 9.61. The van der Waals surface area contributed by atoms with E-state index in [4.69, 9.17) is 4.74 Å². The Labute approximate surface area is 192 Å². The van der Waals surface area contributed by atoms with Crippen LogP contribution in [0.2, 0.25) is 0 Å². The van der Waals surface area contributed by atoms with Crippen molar-refractivity contribution in [1.82, 2.24) is 0 Å². The summed E-state index contributed by atoms with van der Waals surface area (Å²) in [6, 6.07) is 6.97. The third-order valence-corrected chi connectivity index (χ3v) is 8.87. The highest BCUT2D eigenvalue weighted by atomic mass is 16.5. The van der Waals surface area contributed by atoms with Gasteiger partial charge in [0, 0.05) is 0 Å². The van der Waals surface area contributed by atoms with Crippen molar-refractivity contribution in [2.75, 3.05) is 6.61 Å². The fourth-order valence-corrected chi connectivity index (χ4v) is 7.01. The maximum absolute atomic E-state index is 6.01. The molecule has 0 amide bonds. The van der Waals surface area contributed by atoms with Gasteiger partial charge in [0.1, 0.15) is 5.75 Å². The number of fused-ring (bicyclic) bond motifs is 2. The van der Waals surface area contributed by atoms with Crippen molar-refractivity contribution in [1.29, 1.82) is 0 Å². The molecule has 1 nitrogen and oxygen atoms in total. The number of ether oxygens (including phenoxy) is 1. The maximum atomic E-state index is 6.01. The van der Waals surface area contributed by atoms with Gasteiger partial charge in [0.15, 0.2) is 0 Å². The van der Waals surface area contributed by atoms with E-state index >= 15 is 0 Å². The molecule has 172 valence electrons. The lowest BCUT2D eigenvalue weighted by molar-refractivity contribution is 0.0699. The van der Waals surface area contributed by atoms with E-state index in [0.29, 0.717) is 0 Å². The van der Waals surface area contributed by atoms with Gasteiger partial charge in [-0.2, -0.15) is 0 Å². The predicted molar refractivity (Wildman–Crippen MR) is 133 cm³/mol. The minimum atomic E-state index is 0.871. The molecular formula is C30H46O. The second-order valence-electron chi connectivity index (χ2n) is 10.9. The van der Waals surface area contributed by atoms with E-state index in [1.54, 1.807) is 11.1 Å². The minimum Gasteiger partial charge on any atom is -0.494 e. The molecule has 0 N–H and O–H groups in total. The summed E-state index contributed by atoms with van der Waals surface area (Å²) in [4.78, 5) is 0. The second-order valence-corrected chi connectivity index (χ2v) is 10.9. The Bertz CT molecular complexity index is 704. The molecule has 5 unspecified atom stereocenters. The largest absolute Gasteiger partial charge is 0.494 e. The Morgan fingerprint density at radius 1 is 0.903 bits per heavy atom. The van der Waals surface area contributed by atoms with Crippen molar-refractivity contribution in [2.45, 2.75) is 104 Å². The van der Waals surface area contributed by atoms with E-state index < -0.39 is 0 Å². The molecule has 0 bridgehead atoms. The topological polar surface area (TPSA) is 9.23 Å². The quantitative estimate of drug-likeness (QED) is 0.286. The van der Waals surface area contributed by atoms with E-state index in [2.05, 4.69) is 44.2 Å². The average molecular weight is 423 g/mol. The van der Waals surface area contributed by atoms with Crippen LogP contribution in [0.1, 0.15) is 102 Å². The molecule has 0 aliphatic heterocycles. The van der Waals surface area contributed by atoms with Crippen molar-refractivity contribution >= 4 is 0 Å². The van der Waals surface area contributed by atoms with Crippen LogP contribution in [0.3, 0.4) is 0 Å². The predicted octanol–water partition coefficient (Wildman–Crippen LogP) is 8.55. The van der Waals surface area contributed by atoms with Gasteiger partial charge in [-0.15, -0.1) is 0 Å². The van der Waals surface area contributed by atoms with Crippen molar-refractivity contribution in [3.8, 4) is 5.75 Å². The fraction of sp³-hybridized carbons (Fsp3) is 0.733. The number of allylic oxidation sites excluding steroid dienone is 2. The number of hydrogen-bond acceptors (Lipinski definition) is 1. The lowest BCUT2D eigenvalue weighted by Crippen LogP contribution is -2.35. The van der Waals surface area contributed by atoms with Gasteiger partial charge in [-0.1, -0.05) is 44.4 Å². The molecule has 0 spiro atoms. The van der Waals surface area contributed by atoms with Gasteiger partial charge < -0.3 is 4.74 Å².